The molecule has 0 fully saturated rings. The standard InChI is InChI=1S/C13H15NO5/c1-13(16,12(15)18-3)8-19-11-5-9(7-14)4-10(6-11)17-2/h4-6,16H,8H2,1-3H3. The summed E-state index contributed by atoms with van der Waals surface area (Å²) in [7, 11) is 2.64. The minimum Gasteiger partial charge on any atom is -0.497 e. The van der Waals surface area contributed by atoms with Gasteiger partial charge in [0.2, 0.25) is 0 Å². The minimum absolute atomic E-state index is 0.294. The van der Waals surface area contributed by atoms with E-state index in [0.29, 0.717) is 17.1 Å². The van der Waals surface area contributed by atoms with Gasteiger partial charge >= 0.3 is 5.97 Å². The SMILES string of the molecule is COC(=O)C(C)(O)COc1cc(C#N)cc(OC)c1. The second-order valence-electron chi connectivity index (χ2n) is 4.06. The Morgan fingerprint density at radius 1 is 1.37 bits per heavy atom. The van der Waals surface area contributed by atoms with Gasteiger partial charge in [-0.25, -0.2) is 4.79 Å². The van der Waals surface area contributed by atoms with Gasteiger partial charge in [-0.15, -0.1) is 0 Å². The van der Waals surface area contributed by atoms with Crippen molar-refractivity contribution in [3.63, 3.8) is 0 Å². The quantitative estimate of drug-likeness (QED) is 0.795. The molecule has 6 nitrogen and oxygen atoms in total. The molecular weight excluding hydrogens is 250 g/mol. The average molecular weight is 265 g/mol. The van der Waals surface area contributed by atoms with Crippen molar-refractivity contribution in [3.05, 3.63) is 23.8 Å². The molecule has 0 spiro atoms. The molecule has 1 N–H and O–H groups in total. The van der Waals surface area contributed by atoms with Crippen molar-refractivity contribution in [3.8, 4) is 17.6 Å². The molecule has 1 aromatic carbocycles. The highest BCUT2D eigenvalue weighted by Crippen LogP contribution is 2.23. The van der Waals surface area contributed by atoms with Crippen molar-refractivity contribution in [1.82, 2.24) is 0 Å². The van der Waals surface area contributed by atoms with E-state index in [2.05, 4.69) is 4.74 Å². The fraction of sp³-hybridized carbons (Fsp3) is 0.385. The number of benzene rings is 1. The lowest BCUT2D eigenvalue weighted by atomic mass is 10.1. The first-order valence-corrected chi connectivity index (χ1v) is 5.45. The zero-order chi connectivity index (χ0) is 14.5. The first kappa shape index (κ1) is 14.8. The van der Waals surface area contributed by atoms with E-state index >= 15 is 0 Å². The van der Waals surface area contributed by atoms with Gasteiger partial charge in [0.25, 0.3) is 0 Å². The minimum atomic E-state index is -1.76. The molecule has 0 radical (unpaired) electrons. The second-order valence-corrected chi connectivity index (χ2v) is 4.06. The summed E-state index contributed by atoms with van der Waals surface area (Å²) in [5.74, 6) is -0.0252. The van der Waals surface area contributed by atoms with Gasteiger partial charge in [-0.1, -0.05) is 0 Å². The molecule has 0 aliphatic rings. The fourth-order valence-electron chi connectivity index (χ4n) is 1.34. The third kappa shape index (κ3) is 3.86. The van der Waals surface area contributed by atoms with Crippen molar-refractivity contribution in [1.29, 1.82) is 5.26 Å². The van der Waals surface area contributed by atoms with Crippen LogP contribution in [0.3, 0.4) is 0 Å². The first-order chi connectivity index (χ1) is 8.92. The molecule has 1 unspecified atom stereocenters. The summed E-state index contributed by atoms with van der Waals surface area (Å²) >= 11 is 0. The summed E-state index contributed by atoms with van der Waals surface area (Å²) in [5.41, 5.74) is -1.41. The Hall–Kier alpha value is -2.26. The Bertz CT molecular complexity index is 504. The van der Waals surface area contributed by atoms with E-state index in [1.165, 1.54) is 27.2 Å². The monoisotopic (exact) mass is 265 g/mol. The van der Waals surface area contributed by atoms with Crippen molar-refractivity contribution < 1.29 is 24.1 Å². The van der Waals surface area contributed by atoms with Crippen LogP contribution in [0, 0.1) is 11.3 Å². The number of carbonyl (C=O) groups is 1. The number of esters is 1. The van der Waals surface area contributed by atoms with Crippen molar-refractivity contribution in [2.45, 2.75) is 12.5 Å². The largest absolute Gasteiger partial charge is 0.497 e. The van der Waals surface area contributed by atoms with Crippen LogP contribution in [-0.4, -0.2) is 37.5 Å². The zero-order valence-electron chi connectivity index (χ0n) is 11.0. The molecule has 6 heteroatoms. The maximum absolute atomic E-state index is 11.3. The van der Waals surface area contributed by atoms with Gasteiger partial charge in [-0.3, -0.25) is 0 Å². The normalized spacial score (nSPS) is 13.0. The molecule has 102 valence electrons. The Morgan fingerprint density at radius 2 is 2.00 bits per heavy atom. The number of nitriles is 1. The van der Waals surface area contributed by atoms with Crippen LogP contribution < -0.4 is 9.47 Å². The Morgan fingerprint density at radius 3 is 2.53 bits per heavy atom. The van der Waals surface area contributed by atoms with E-state index in [-0.39, 0.29) is 6.61 Å². The van der Waals surface area contributed by atoms with Gasteiger partial charge < -0.3 is 19.3 Å². The highest BCUT2D eigenvalue weighted by atomic mass is 16.6. The van der Waals surface area contributed by atoms with E-state index in [9.17, 15) is 9.90 Å². The Kier molecular flexibility index (Phi) is 4.73. The lowest BCUT2D eigenvalue weighted by molar-refractivity contribution is -0.163. The highest BCUT2D eigenvalue weighted by molar-refractivity contribution is 5.78. The molecule has 1 aromatic rings. The zero-order valence-corrected chi connectivity index (χ0v) is 11.0. The smallest absolute Gasteiger partial charge is 0.341 e. The van der Waals surface area contributed by atoms with Crippen LogP contribution in [0.25, 0.3) is 0 Å². The fourth-order valence-corrected chi connectivity index (χ4v) is 1.34. The predicted molar refractivity (Wildman–Crippen MR) is 65.8 cm³/mol. The number of rotatable bonds is 5. The summed E-state index contributed by atoms with van der Waals surface area (Å²) in [5, 5.41) is 18.7. The molecule has 0 amide bonds. The Labute approximate surface area is 111 Å². The number of hydrogen-bond donors (Lipinski definition) is 1. The predicted octanol–water partition coefficient (Wildman–Crippen LogP) is 0.870. The van der Waals surface area contributed by atoms with Gasteiger partial charge in [0, 0.05) is 6.07 Å². The van der Waals surface area contributed by atoms with E-state index < -0.39 is 11.6 Å². The van der Waals surface area contributed by atoms with Crippen LogP contribution in [-0.2, 0) is 9.53 Å². The summed E-state index contributed by atoms with van der Waals surface area (Å²) in [6.07, 6.45) is 0. The third-order valence-electron chi connectivity index (χ3n) is 2.39. The highest BCUT2D eigenvalue weighted by Gasteiger charge is 2.32. The summed E-state index contributed by atoms with van der Waals surface area (Å²) in [4.78, 5) is 11.3. The lowest BCUT2D eigenvalue weighted by Crippen LogP contribution is -2.42. The third-order valence-corrected chi connectivity index (χ3v) is 2.39. The first-order valence-electron chi connectivity index (χ1n) is 5.45. The van der Waals surface area contributed by atoms with Gasteiger partial charge in [-0.2, -0.15) is 5.26 Å². The number of nitrogens with zero attached hydrogens (tertiary/aromatic N) is 1. The maximum Gasteiger partial charge on any atom is 0.341 e. The molecule has 19 heavy (non-hydrogen) atoms. The van der Waals surface area contributed by atoms with Crippen LogP contribution in [0.5, 0.6) is 11.5 Å². The van der Waals surface area contributed by atoms with E-state index in [1.54, 1.807) is 12.1 Å². The lowest BCUT2D eigenvalue weighted by Gasteiger charge is -2.20. The van der Waals surface area contributed by atoms with E-state index in [4.69, 9.17) is 14.7 Å². The number of aliphatic hydroxyl groups is 1. The van der Waals surface area contributed by atoms with Gasteiger partial charge in [0.05, 0.1) is 25.9 Å². The van der Waals surface area contributed by atoms with Crippen LogP contribution in [0.4, 0.5) is 0 Å². The molecule has 1 rings (SSSR count). The number of methoxy groups -OCH3 is 2. The van der Waals surface area contributed by atoms with E-state index in [1.807, 2.05) is 6.07 Å². The molecule has 0 saturated heterocycles. The van der Waals surface area contributed by atoms with Crippen molar-refractivity contribution in [2.75, 3.05) is 20.8 Å². The Balaban J connectivity index is 2.83. The molecule has 1 atom stereocenters. The summed E-state index contributed by atoms with van der Waals surface area (Å²) in [6.45, 7) is 0.988. The molecular formula is C13H15NO5. The van der Waals surface area contributed by atoms with E-state index in [0.717, 1.165) is 0 Å². The van der Waals surface area contributed by atoms with Gasteiger partial charge in [0.15, 0.2) is 5.60 Å². The number of ether oxygens (including phenoxy) is 3. The average Bonchev–Trinajstić information content (AvgIpc) is 2.43. The molecule has 0 saturated carbocycles. The summed E-state index contributed by atoms with van der Waals surface area (Å²) in [6, 6.07) is 6.54. The van der Waals surface area contributed by atoms with Crippen LogP contribution in [0.2, 0.25) is 0 Å². The van der Waals surface area contributed by atoms with Crippen LogP contribution >= 0.6 is 0 Å². The summed E-state index contributed by atoms with van der Waals surface area (Å²) < 4.78 is 14.8. The number of carbonyl (C=O) groups excluding carboxylic acids is 1. The van der Waals surface area contributed by atoms with Gasteiger partial charge in [0.1, 0.15) is 18.1 Å². The topological polar surface area (TPSA) is 88.8 Å². The van der Waals surface area contributed by atoms with Crippen LogP contribution in [0.1, 0.15) is 12.5 Å². The van der Waals surface area contributed by atoms with Crippen molar-refractivity contribution in [2.24, 2.45) is 0 Å². The molecule has 0 aromatic heterocycles. The maximum atomic E-state index is 11.3. The molecule has 0 bridgehead atoms. The van der Waals surface area contributed by atoms with Crippen molar-refractivity contribution >= 4 is 5.97 Å². The second kappa shape index (κ2) is 6.07. The molecule has 0 heterocycles. The number of hydrogen-bond acceptors (Lipinski definition) is 6. The van der Waals surface area contributed by atoms with Crippen LogP contribution in [0.15, 0.2) is 18.2 Å². The molecule has 0 aliphatic carbocycles. The molecule has 0 aliphatic heterocycles. The van der Waals surface area contributed by atoms with Gasteiger partial charge in [-0.05, 0) is 19.1 Å².